The summed E-state index contributed by atoms with van der Waals surface area (Å²) in [5.41, 5.74) is 6.15. The first-order valence-electron chi connectivity index (χ1n) is 11.3. The number of hydrogen-bond donors (Lipinski definition) is 0. The maximum atomic E-state index is 13.6. The quantitative estimate of drug-likeness (QED) is 0.580. The van der Waals surface area contributed by atoms with Crippen LogP contribution in [0.1, 0.15) is 56.8 Å². The summed E-state index contributed by atoms with van der Waals surface area (Å²) >= 11 is 0. The van der Waals surface area contributed by atoms with Gasteiger partial charge in [-0.25, -0.2) is 4.98 Å². The molecular formula is C27H33N3O2. The lowest BCUT2D eigenvalue weighted by Crippen LogP contribution is -2.52. The summed E-state index contributed by atoms with van der Waals surface area (Å²) < 4.78 is 8.31. The van der Waals surface area contributed by atoms with Gasteiger partial charge >= 0.3 is 0 Å². The highest BCUT2D eigenvalue weighted by Gasteiger charge is 2.49. The molecule has 0 unspecified atom stereocenters. The molecule has 0 N–H and O–H groups in total. The van der Waals surface area contributed by atoms with Gasteiger partial charge in [-0.2, -0.15) is 0 Å². The Balaban J connectivity index is 1.94. The summed E-state index contributed by atoms with van der Waals surface area (Å²) in [6.45, 7) is 9.15. The number of carbonyl (C=O) groups is 1. The van der Waals surface area contributed by atoms with Crippen molar-refractivity contribution < 1.29 is 9.53 Å². The van der Waals surface area contributed by atoms with Crippen molar-refractivity contribution in [3.8, 4) is 0 Å². The van der Waals surface area contributed by atoms with Crippen LogP contribution in [0.2, 0.25) is 0 Å². The van der Waals surface area contributed by atoms with E-state index in [-0.39, 0.29) is 11.9 Å². The molecule has 1 aromatic heterocycles. The summed E-state index contributed by atoms with van der Waals surface area (Å²) in [4.78, 5) is 19.9. The molecule has 2 aromatic carbocycles. The number of aromatic nitrogens is 2. The Bertz CT molecular complexity index is 1060. The van der Waals surface area contributed by atoms with Gasteiger partial charge in [-0.15, -0.1) is 0 Å². The Morgan fingerprint density at radius 1 is 0.969 bits per heavy atom. The third kappa shape index (κ3) is 3.75. The number of ether oxygens (including phenoxy) is 1. The van der Waals surface area contributed by atoms with Crippen LogP contribution in [0.3, 0.4) is 0 Å². The molecular weight excluding hydrogens is 398 g/mol. The van der Waals surface area contributed by atoms with Gasteiger partial charge in [0.1, 0.15) is 5.60 Å². The number of imidazole rings is 1. The second kappa shape index (κ2) is 8.55. The summed E-state index contributed by atoms with van der Waals surface area (Å²) in [5.74, 6) is 0.415. The van der Waals surface area contributed by atoms with Crippen molar-refractivity contribution in [3.05, 3.63) is 88.0 Å². The van der Waals surface area contributed by atoms with Gasteiger partial charge in [0.25, 0.3) is 5.91 Å². The molecule has 0 radical (unpaired) electrons. The van der Waals surface area contributed by atoms with Crippen LogP contribution in [0.25, 0.3) is 0 Å². The molecule has 1 atom stereocenters. The van der Waals surface area contributed by atoms with Crippen molar-refractivity contribution in [2.24, 2.45) is 7.05 Å². The highest BCUT2D eigenvalue weighted by atomic mass is 16.5. The van der Waals surface area contributed by atoms with Gasteiger partial charge in [0.05, 0.1) is 6.04 Å². The first-order chi connectivity index (χ1) is 15.3. The number of nitrogens with zero attached hydrogens (tertiary/aromatic N) is 3. The second-order valence-corrected chi connectivity index (χ2v) is 9.21. The predicted octanol–water partition coefficient (Wildman–Crippen LogP) is 4.85. The number of methoxy groups -OCH3 is 1. The third-order valence-corrected chi connectivity index (χ3v) is 6.62. The van der Waals surface area contributed by atoms with Gasteiger partial charge in [-0.1, -0.05) is 58.7 Å². The normalized spacial score (nSPS) is 16.6. The fraction of sp³-hybridized carbons (Fsp3) is 0.407. The Morgan fingerprint density at radius 3 is 1.94 bits per heavy atom. The summed E-state index contributed by atoms with van der Waals surface area (Å²) in [7, 11) is 3.64. The molecule has 0 spiro atoms. The number of carbonyl (C=O) groups excluding carboxylic acids is 1. The smallest absolute Gasteiger partial charge is 0.290 e. The van der Waals surface area contributed by atoms with Crippen molar-refractivity contribution in [1.29, 1.82) is 0 Å². The van der Waals surface area contributed by atoms with Gasteiger partial charge < -0.3 is 14.2 Å². The van der Waals surface area contributed by atoms with Crippen LogP contribution in [-0.2, 0) is 17.4 Å². The molecule has 1 saturated heterocycles. The molecule has 1 aliphatic heterocycles. The number of hydrogen-bond acceptors (Lipinski definition) is 3. The zero-order valence-corrected chi connectivity index (χ0v) is 20.0. The monoisotopic (exact) mass is 431 g/mol. The van der Waals surface area contributed by atoms with Crippen molar-refractivity contribution in [1.82, 2.24) is 14.5 Å². The average Bonchev–Trinajstić information content (AvgIpc) is 3.37. The molecule has 4 rings (SSSR count). The minimum Gasteiger partial charge on any atom is -0.367 e. The van der Waals surface area contributed by atoms with E-state index in [2.05, 4.69) is 69.1 Å². The Kier molecular flexibility index (Phi) is 5.95. The largest absolute Gasteiger partial charge is 0.367 e. The van der Waals surface area contributed by atoms with E-state index in [4.69, 9.17) is 4.74 Å². The zero-order chi connectivity index (χ0) is 23.0. The van der Waals surface area contributed by atoms with E-state index in [1.807, 2.05) is 18.1 Å². The van der Waals surface area contributed by atoms with E-state index >= 15 is 0 Å². The highest BCUT2D eigenvalue weighted by Crippen LogP contribution is 2.44. The maximum absolute atomic E-state index is 13.6. The van der Waals surface area contributed by atoms with Gasteiger partial charge in [0, 0.05) is 33.1 Å². The van der Waals surface area contributed by atoms with Crippen molar-refractivity contribution in [2.45, 2.75) is 52.2 Å². The molecule has 1 fully saturated rings. The highest BCUT2D eigenvalue weighted by molar-refractivity contribution is 5.91. The second-order valence-electron chi connectivity index (χ2n) is 9.21. The molecule has 0 aliphatic carbocycles. The van der Waals surface area contributed by atoms with Crippen LogP contribution in [0, 0.1) is 27.7 Å². The molecule has 32 heavy (non-hydrogen) atoms. The van der Waals surface area contributed by atoms with Crippen molar-refractivity contribution >= 4 is 5.91 Å². The summed E-state index contributed by atoms with van der Waals surface area (Å²) in [6.07, 6.45) is 5.29. The number of rotatable bonds is 5. The number of aryl methyl sites for hydroxylation is 5. The van der Waals surface area contributed by atoms with E-state index in [9.17, 15) is 4.79 Å². The number of likely N-dealkylation sites (tertiary alicyclic amines) is 1. The van der Waals surface area contributed by atoms with E-state index in [0.29, 0.717) is 12.4 Å². The fourth-order valence-electron chi connectivity index (χ4n) is 5.43. The lowest BCUT2D eigenvalue weighted by atomic mass is 9.77. The van der Waals surface area contributed by atoms with Crippen LogP contribution in [0.15, 0.2) is 48.8 Å². The molecule has 1 aliphatic rings. The lowest BCUT2D eigenvalue weighted by Gasteiger charge is -2.43. The van der Waals surface area contributed by atoms with Crippen LogP contribution in [-0.4, -0.2) is 40.1 Å². The summed E-state index contributed by atoms with van der Waals surface area (Å²) in [6, 6.07) is 13.0. The summed E-state index contributed by atoms with van der Waals surface area (Å²) in [5, 5.41) is 0. The van der Waals surface area contributed by atoms with Crippen LogP contribution >= 0.6 is 0 Å². The molecule has 0 saturated carbocycles. The molecule has 0 bridgehead atoms. The minimum atomic E-state index is -0.773. The van der Waals surface area contributed by atoms with Crippen molar-refractivity contribution in [2.75, 3.05) is 13.7 Å². The number of benzene rings is 2. The van der Waals surface area contributed by atoms with Crippen LogP contribution in [0.5, 0.6) is 0 Å². The SMILES string of the molecule is COC(c1cc(C)cc(C)c1)(c1cc(C)cc(C)c1)[C@H]1CCCN1C(=O)c1nccn1C. The fourth-order valence-corrected chi connectivity index (χ4v) is 5.43. The van der Waals surface area contributed by atoms with Gasteiger partial charge in [0.15, 0.2) is 5.82 Å². The average molecular weight is 432 g/mol. The third-order valence-electron chi connectivity index (χ3n) is 6.62. The Morgan fingerprint density at radius 2 is 1.50 bits per heavy atom. The molecule has 1 amide bonds. The minimum absolute atomic E-state index is 0.0461. The van der Waals surface area contributed by atoms with Crippen LogP contribution in [0.4, 0.5) is 0 Å². The van der Waals surface area contributed by atoms with E-state index in [1.54, 1.807) is 17.9 Å². The standard InChI is InChI=1S/C27H33N3O2/c1-18-12-19(2)15-22(14-18)27(32-6,23-16-20(3)13-21(4)17-23)24-8-7-10-30(24)26(31)25-28-9-11-29(25)5/h9,11-17,24H,7-8,10H2,1-6H3/t24-/m1/s1. The Labute approximate surface area is 191 Å². The van der Waals surface area contributed by atoms with Crippen molar-refractivity contribution in [3.63, 3.8) is 0 Å². The van der Waals surface area contributed by atoms with Gasteiger partial charge in [-0.05, 0) is 51.7 Å². The predicted molar refractivity (Wildman–Crippen MR) is 127 cm³/mol. The zero-order valence-electron chi connectivity index (χ0n) is 20.0. The van der Waals surface area contributed by atoms with Gasteiger partial charge in [0.2, 0.25) is 0 Å². The molecule has 5 nitrogen and oxygen atoms in total. The Hall–Kier alpha value is -2.92. The maximum Gasteiger partial charge on any atom is 0.290 e. The first-order valence-corrected chi connectivity index (χ1v) is 11.3. The molecule has 3 aromatic rings. The molecule has 5 heteroatoms. The van der Waals surface area contributed by atoms with Crippen LogP contribution < -0.4 is 0 Å². The number of amides is 1. The van der Waals surface area contributed by atoms with E-state index in [0.717, 1.165) is 24.0 Å². The van der Waals surface area contributed by atoms with Gasteiger partial charge in [-0.3, -0.25) is 4.79 Å². The topological polar surface area (TPSA) is 47.4 Å². The van der Waals surface area contributed by atoms with E-state index in [1.165, 1.54) is 22.3 Å². The molecule has 168 valence electrons. The first kappa shape index (κ1) is 22.3. The lowest BCUT2D eigenvalue weighted by molar-refractivity contribution is -0.0365. The van der Waals surface area contributed by atoms with E-state index < -0.39 is 5.60 Å². The molecule has 2 heterocycles.